The van der Waals surface area contributed by atoms with Crippen molar-refractivity contribution in [3.63, 3.8) is 0 Å². The lowest BCUT2D eigenvalue weighted by Crippen LogP contribution is -2.42. The molecule has 1 aromatic heterocycles. The van der Waals surface area contributed by atoms with E-state index >= 15 is 0 Å². The van der Waals surface area contributed by atoms with Crippen LogP contribution >= 0.6 is 11.3 Å². The molecule has 0 spiro atoms. The minimum absolute atomic E-state index is 0.126. The first-order valence-electron chi connectivity index (χ1n) is 7.21. The van der Waals surface area contributed by atoms with E-state index in [1.165, 1.54) is 0 Å². The highest BCUT2D eigenvalue weighted by atomic mass is 32.1. The lowest BCUT2D eigenvalue weighted by molar-refractivity contribution is -0.131. The number of amides is 1. The van der Waals surface area contributed by atoms with Crippen LogP contribution in [0.25, 0.3) is 0 Å². The van der Waals surface area contributed by atoms with E-state index in [1.807, 2.05) is 27.1 Å². The SMILES string of the molecule is CCN(C)C(=O)C(C)NCc1cnc(N(CC)CC)s1. The van der Waals surface area contributed by atoms with E-state index in [1.54, 1.807) is 16.2 Å². The summed E-state index contributed by atoms with van der Waals surface area (Å²) in [4.78, 5) is 21.5. The summed E-state index contributed by atoms with van der Waals surface area (Å²) in [6, 6.07) is -0.168. The molecule has 1 rings (SSSR count). The van der Waals surface area contributed by atoms with Gasteiger partial charge in [0.15, 0.2) is 5.13 Å². The molecule has 0 radical (unpaired) electrons. The van der Waals surface area contributed by atoms with Crippen molar-refractivity contribution in [2.24, 2.45) is 0 Å². The van der Waals surface area contributed by atoms with Crippen LogP contribution in [-0.4, -0.2) is 48.5 Å². The van der Waals surface area contributed by atoms with Crippen molar-refractivity contribution < 1.29 is 4.79 Å². The molecule has 0 aromatic carbocycles. The molecule has 0 bridgehead atoms. The molecule has 0 aliphatic rings. The van der Waals surface area contributed by atoms with E-state index in [4.69, 9.17) is 0 Å². The van der Waals surface area contributed by atoms with Crippen molar-refractivity contribution in [3.05, 3.63) is 11.1 Å². The van der Waals surface area contributed by atoms with Gasteiger partial charge < -0.3 is 15.1 Å². The minimum Gasteiger partial charge on any atom is -0.349 e. The molecular formula is C14H26N4OS. The van der Waals surface area contributed by atoms with Gasteiger partial charge in [-0.05, 0) is 27.7 Å². The van der Waals surface area contributed by atoms with Gasteiger partial charge in [-0.15, -0.1) is 11.3 Å². The summed E-state index contributed by atoms with van der Waals surface area (Å²) in [5.41, 5.74) is 0. The van der Waals surface area contributed by atoms with Gasteiger partial charge in [0, 0.05) is 44.3 Å². The zero-order chi connectivity index (χ0) is 15.1. The van der Waals surface area contributed by atoms with E-state index in [-0.39, 0.29) is 11.9 Å². The second kappa shape index (κ2) is 8.21. The van der Waals surface area contributed by atoms with E-state index in [0.29, 0.717) is 6.54 Å². The maximum Gasteiger partial charge on any atom is 0.239 e. The Labute approximate surface area is 126 Å². The Kier molecular flexibility index (Phi) is 6.95. The maximum absolute atomic E-state index is 11.9. The molecule has 0 aliphatic heterocycles. The second-order valence-corrected chi connectivity index (χ2v) is 5.83. The van der Waals surface area contributed by atoms with Gasteiger partial charge in [-0.2, -0.15) is 0 Å². The Balaban J connectivity index is 2.52. The number of rotatable bonds is 8. The van der Waals surface area contributed by atoms with Crippen LogP contribution in [-0.2, 0) is 11.3 Å². The monoisotopic (exact) mass is 298 g/mol. The third kappa shape index (κ3) is 4.45. The average molecular weight is 298 g/mol. The van der Waals surface area contributed by atoms with Gasteiger partial charge in [-0.1, -0.05) is 0 Å². The number of thiazole rings is 1. The first-order chi connectivity index (χ1) is 9.53. The van der Waals surface area contributed by atoms with Crippen LogP contribution in [0.2, 0.25) is 0 Å². The summed E-state index contributed by atoms with van der Waals surface area (Å²) in [7, 11) is 1.83. The topological polar surface area (TPSA) is 48.5 Å². The number of hydrogen-bond acceptors (Lipinski definition) is 5. The second-order valence-electron chi connectivity index (χ2n) is 4.74. The van der Waals surface area contributed by atoms with Crippen LogP contribution in [0, 0.1) is 0 Å². The molecule has 1 aromatic rings. The summed E-state index contributed by atoms with van der Waals surface area (Å²) in [6.45, 7) is 11.5. The van der Waals surface area contributed by atoms with Crippen LogP contribution in [0.4, 0.5) is 5.13 Å². The van der Waals surface area contributed by atoms with Gasteiger partial charge in [-0.3, -0.25) is 4.79 Å². The summed E-state index contributed by atoms with van der Waals surface area (Å²) < 4.78 is 0. The minimum atomic E-state index is -0.168. The molecule has 1 heterocycles. The van der Waals surface area contributed by atoms with Gasteiger partial charge >= 0.3 is 0 Å². The number of nitrogens with one attached hydrogen (secondary N) is 1. The number of aromatic nitrogens is 1. The Morgan fingerprint density at radius 2 is 2.00 bits per heavy atom. The fraction of sp³-hybridized carbons (Fsp3) is 0.714. The lowest BCUT2D eigenvalue weighted by atomic mass is 10.3. The van der Waals surface area contributed by atoms with Crippen molar-refractivity contribution in [2.75, 3.05) is 31.6 Å². The van der Waals surface area contributed by atoms with Gasteiger partial charge in [0.2, 0.25) is 5.91 Å². The highest BCUT2D eigenvalue weighted by Crippen LogP contribution is 2.22. The third-order valence-electron chi connectivity index (χ3n) is 3.38. The highest BCUT2D eigenvalue weighted by molar-refractivity contribution is 7.15. The van der Waals surface area contributed by atoms with E-state index in [0.717, 1.165) is 29.6 Å². The average Bonchev–Trinajstić information content (AvgIpc) is 2.93. The summed E-state index contributed by atoms with van der Waals surface area (Å²) >= 11 is 1.69. The first-order valence-corrected chi connectivity index (χ1v) is 8.03. The predicted molar refractivity (Wildman–Crippen MR) is 85.3 cm³/mol. The fourth-order valence-corrected chi connectivity index (χ4v) is 2.83. The van der Waals surface area contributed by atoms with Crippen molar-refractivity contribution in [1.29, 1.82) is 0 Å². The number of carbonyl (C=O) groups is 1. The van der Waals surface area contributed by atoms with Crippen LogP contribution in [0.1, 0.15) is 32.6 Å². The molecule has 0 fully saturated rings. The Hall–Kier alpha value is -1.14. The molecule has 1 N–H and O–H groups in total. The van der Waals surface area contributed by atoms with Crippen LogP contribution in [0.15, 0.2) is 6.20 Å². The normalized spacial score (nSPS) is 12.2. The quantitative estimate of drug-likeness (QED) is 0.797. The molecule has 0 saturated carbocycles. The molecule has 114 valence electrons. The van der Waals surface area contributed by atoms with E-state index in [2.05, 4.69) is 29.0 Å². The molecule has 0 aliphatic carbocycles. The standard InChI is InChI=1S/C14H26N4OS/c1-6-17(5)13(19)11(4)15-9-12-10-16-14(20-12)18(7-2)8-3/h10-11,15H,6-9H2,1-5H3. The molecule has 20 heavy (non-hydrogen) atoms. The molecule has 1 atom stereocenters. The maximum atomic E-state index is 11.9. The van der Waals surface area contributed by atoms with Crippen LogP contribution in [0.3, 0.4) is 0 Å². The third-order valence-corrected chi connectivity index (χ3v) is 4.44. The number of likely N-dealkylation sites (N-methyl/N-ethyl adjacent to an activating group) is 1. The molecule has 1 amide bonds. The summed E-state index contributed by atoms with van der Waals surface area (Å²) in [5.74, 6) is 0.126. The lowest BCUT2D eigenvalue weighted by Gasteiger charge is -2.20. The molecule has 5 nitrogen and oxygen atoms in total. The fourth-order valence-electron chi connectivity index (χ4n) is 1.85. The van der Waals surface area contributed by atoms with Crippen LogP contribution < -0.4 is 10.2 Å². The first kappa shape index (κ1) is 16.9. The zero-order valence-electron chi connectivity index (χ0n) is 13.1. The largest absolute Gasteiger partial charge is 0.349 e. The molecule has 6 heteroatoms. The zero-order valence-corrected chi connectivity index (χ0v) is 14.0. The van der Waals surface area contributed by atoms with Crippen molar-refractivity contribution >= 4 is 22.4 Å². The Morgan fingerprint density at radius 1 is 1.35 bits per heavy atom. The van der Waals surface area contributed by atoms with Crippen molar-refractivity contribution in [3.8, 4) is 0 Å². The van der Waals surface area contributed by atoms with Gasteiger partial charge in [0.25, 0.3) is 0 Å². The smallest absolute Gasteiger partial charge is 0.239 e. The molecule has 0 saturated heterocycles. The van der Waals surface area contributed by atoms with E-state index < -0.39 is 0 Å². The summed E-state index contributed by atoms with van der Waals surface area (Å²) in [6.07, 6.45) is 1.89. The van der Waals surface area contributed by atoms with Gasteiger partial charge in [0.1, 0.15) is 0 Å². The highest BCUT2D eigenvalue weighted by Gasteiger charge is 2.16. The van der Waals surface area contributed by atoms with Crippen molar-refractivity contribution in [1.82, 2.24) is 15.2 Å². The molecular weight excluding hydrogens is 272 g/mol. The Morgan fingerprint density at radius 3 is 2.55 bits per heavy atom. The van der Waals surface area contributed by atoms with Gasteiger partial charge in [-0.25, -0.2) is 4.98 Å². The Bertz CT molecular complexity index is 417. The number of hydrogen-bond donors (Lipinski definition) is 1. The van der Waals surface area contributed by atoms with E-state index in [9.17, 15) is 4.79 Å². The van der Waals surface area contributed by atoms with Gasteiger partial charge in [0.05, 0.1) is 6.04 Å². The number of anilines is 1. The van der Waals surface area contributed by atoms with Crippen molar-refractivity contribution in [2.45, 2.75) is 40.3 Å². The summed E-state index contributed by atoms with van der Waals surface area (Å²) in [5, 5.41) is 4.32. The molecule has 1 unspecified atom stereocenters. The number of carbonyl (C=O) groups excluding carboxylic acids is 1. The number of nitrogens with zero attached hydrogens (tertiary/aromatic N) is 3. The van der Waals surface area contributed by atoms with Crippen LogP contribution in [0.5, 0.6) is 0 Å². The predicted octanol–water partition coefficient (Wildman–Crippen LogP) is 1.95.